The van der Waals surface area contributed by atoms with E-state index < -0.39 is 11.5 Å². The van der Waals surface area contributed by atoms with Gasteiger partial charge in [-0.15, -0.1) is 0 Å². The Kier molecular flexibility index (Phi) is 3.39. The first-order chi connectivity index (χ1) is 10.2. The van der Waals surface area contributed by atoms with Crippen molar-refractivity contribution in [2.45, 2.75) is 24.9 Å². The molecule has 2 aromatic rings. The van der Waals surface area contributed by atoms with Crippen molar-refractivity contribution in [1.82, 2.24) is 10.3 Å². The van der Waals surface area contributed by atoms with Crippen LogP contribution in [-0.2, 0) is 26.3 Å². The highest BCUT2D eigenvalue weighted by Crippen LogP contribution is 2.41. The van der Waals surface area contributed by atoms with Gasteiger partial charge in [0.15, 0.2) is 5.60 Å². The lowest BCUT2D eigenvalue weighted by atomic mass is 9.82. The number of hydrogen-bond acceptors (Lipinski definition) is 3. The van der Waals surface area contributed by atoms with E-state index in [1.165, 1.54) is 0 Å². The quantitative estimate of drug-likeness (QED) is 0.433. The molecule has 0 spiro atoms. The Morgan fingerprint density at radius 3 is 3.05 bits per heavy atom. The first-order valence-corrected chi connectivity index (χ1v) is 6.90. The number of aryl methyl sites for hydroxylation is 1. The number of carbonyl (C=O) groups is 2. The Morgan fingerprint density at radius 1 is 1.48 bits per heavy atom. The highest BCUT2D eigenvalue weighted by molar-refractivity contribution is 5.91. The number of primary amides is 1. The van der Waals surface area contributed by atoms with Crippen molar-refractivity contribution in [3.05, 3.63) is 35.5 Å². The van der Waals surface area contributed by atoms with E-state index in [2.05, 4.69) is 10.3 Å². The maximum atomic E-state index is 12.1. The zero-order valence-electron chi connectivity index (χ0n) is 11.5. The predicted octanol–water partition coefficient (Wildman–Crippen LogP) is 0.905. The van der Waals surface area contributed by atoms with Crippen LogP contribution in [-0.4, -0.2) is 24.0 Å². The molecule has 1 aliphatic carbocycles. The van der Waals surface area contributed by atoms with Gasteiger partial charge in [-0.2, -0.15) is 0 Å². The first kappa shape index (κ1) is 13.6. The molecule has 4 N–H and O–H groups in total. The Hall–Kier alpha value is -2.34. The maximum Gasteiger partial charge on any atom is 0.255 e. The summed E-state index contributed by atoms with van der Waals surface area (Å²) in [5.74, 6) is -0.539. The SMILES string of the molecule is NC(=O)C1(OCNC=O)CCCc2c1[nH]c1ccccc21. The second-order valence-corrected chi connectivity index (χ2v) is 5.18. The second-order valence-electron chi connectivity index (χ2n) is 5.18. The van der Waals surface area contributed by atoms with E-state index in [1.807, 2.05) is 24.3 Å². The van der Waals surface area contributed by atoms with E-state index in [4.69, 9.17) is 10.5 Å². The zero-order valence-corrected chi connectivity index (χ0v) is 11.5. The van der Waals surface area contributed by atoms with Gasteiger partial charge in [0.1, 0.15) is 6.73 Å². The maximum absolute atomic E-state index is 12.1. The minimum Gasteiger partial charge on any atom is -0.367 e. The summed E-state index contributed by atoms with van der Waals surface area (Å²) >= 11 is 0. The number of ether oxygens (including phenoxy) is 1. The van der Waals surface area contributed by atoms with Crippen molar-refractivity contribution in [2.24, 2.45) is 5.73 Å². The highest BCUT2D eigenvalue weighted by Gasteiger charge is 2.45. The minimum absolute atomic E-state index is 0.0543. The molecule has 21 heavy (non-hydrogen) atoms. The molecular weight excluding hydrogens is 270 g/mol. The van der Waals surface area contributed by atoms with Crippen LogP contribution in [0, 0.1) is 0 Å². The van der Waals surface area contributed by atoms with Gasteiger partial charge < -0.3 is 20.8 Å². The fourth-order valence-electron chi connectivity index (χ4n) is 3.10. The van der Waals surface area contributed by atoms with Crippen LogP contribution in [0.5, 0.6) is 0 Å². The van der Waals surface area contributed by atoms with Gasteiger partial charge >= 0.3 is 0 Å². The smallest absolute Gasteiger partial charge is 0.255 e. The fraction of sp³-hybridized carbons (Fsp3) is 0.333. The number of benzene rings is 1. The number of H-pyrrole nitrogens is 1. The Bertz CT molecular complexity index is 695. The van der Waals surface area contributed by atoms with Gasteiger partial charge in [0.05, 0.1) is 5.69 Å². The standard InChI is InChI=1S/C15H17N3O3/c16-14(20)15(21-9-17-8-19)7-3-5-11-10-4-1-2-6-12(10)18-13(11)15/h1-2,4,6,8,18H,3,5,7,9H2,(H2,16,20)(H,17,19). The molecule has 1 heterocycles. The largest absolute Gasteiger partial charge is 0.367 e. The average Bonchev–Trinajstić information content (AvgIpc) is 2.87. The summed E-state index contributed by atoms with van der Waals surface area (Å²) in [7, 11) is 0. The van der Waals surface area contributed by atoms with Crippen LogP contribution in [0.2, 0.25) is 0 Å². The van der Waals surface area contributed by atoms with Crippen LogP contribution in [0.15, 0.2) is 24.3 Å². The van der Waals surface area contributed by atoms with Crippen LogP contribution in [0.4, 0.5) is 0 Å². The van der Waals surface area contributed by atoms with Crippen molar-refractivity contribution in [3.63, 3.8) is 0 Å². The van der Waals surface area contributed by atoms with Gasteiger partial charge in [-0.25, -0.2) is 0 Å². The van der Waals surface area contributed by atoms with E-state index in [9.17, 15) is 9.59 Å². The second kappa shape index (κ2) is 5.21. The molecule has 0 saturated carbocycles. The van der Waals surface area contributed by atoms with Crippen LogP contribution in [0.25, 0.3) is 10.9 Å². The molecule has 110 valence electrons. The molecule has 0 saturated heterocycles. The van der Waals surface area contributed by atoms with E-state index in [0.29, 0.717) is 12.8 Å². The van der Waals surface area contributed by atoms with Gasteiger partial charge in [0, 0.05) is 10.9 Å². The summed E-state index contributed by atoms with van der Waals surface area (Å²) in [6.07, 6.45) is 2.71. The van der Waals surface area contributed by atoms with E-state index in [1.54, 1.807) is 0 Å². The van der Waals surface area contributed by atoms with Gasteiger partial charge in [-0.1, -0.05) is 18.2 Å². The topological polar surface area (TPSA) is 97.2 Å². The zero-order chi connectivity index (χ0) is 14.9. The summed E-state index contributed by atoms with van der Waals surface area (Å²) in [5.41, 5.74) is 7.16. The Balaban J connectivity index is 2.11. The number of carbonyl (C=O) groups excluding carboxylic acids is 2. The number of nitrogens with one attached hydrogen (secondary N) is 2. The van der Waals surface area contributed by atoms with Crippen molar-refractivity contribution >= 4 is 23.2 Å². The predicted molar refractivity (Wildman–Crippen MR) is 77.3 cm³/mol. The third-order valence-corrected chi connectivity index (χ3v) is 4.06. The number of fused-ring (bicyclic) bond motifs is 3. The van der Waals surface area contributed by atoms with E-state index in [0.717, 1.165) is 35.0 Å². The summed E-state index contributed by atoms with van der Waals surface area (Å²) in [6.45, 7) is -0.0543. The molecule has 1 aromatic heterocycles. The molecular formula is C15H17N3O3. The van der Waals surface area contributed by atoms with Gasteiger partial charge in [-0.3, -0.25) is 9.59 Å². The molecule has 1 aromatic carbocycles. The minimum atomic E-state index is -1.21. The summed E-state index contributed by atoms with van der Waals surface area (Å²) in [4.78, 5) is 25.7. The third kappa shape index (κ3) is 2.08. The average molecular weight is 287 g/mol. The van der Waals surface area contributed by atoms with Crippen LogP contribution in [0.3, 0.4) is 0 Å². The molecule has 0 radical (unpaired) electrons. The van der Waals surface area contributed by atoms with Crippen LogP contribution in [0.1, 0.15) is 24.1 Å². The number of aromatic nitrogens is 1. The molecule has 1 unspecified atom stereocenters. The Labute approximate surface area is 121 Å². The summed E-state index contributed by atoms with van der Waals surface area (Å²) < 4.78 is 5.68. The van der Waals surface area contributed by atoms with Crippen LogP contribution < -0.4 is 11.1 Å². The highest BCUT2D eigenvalue weighted by atomic mass is 16.5. The number of aromatic amines is 1. The summed E-state index contributed by atoms with van der Waals surface area (Å²) in [6, 6.07) is 7.88. The van der Waals surface area contributed by atoms with E-state index >= 15 is 0 Å². The normalized spacial score (nSPS) is 21.0. The van der Waals surface area contributed by atoms with Gasteiger partial charge in [0.2, 0.25) is 6.41 Å². The lowest BCUT2D eigenvalue weighted by molar-refractivity contribution is -0.150. The van der Waals surface area contributed by atoms with Crippen molar-refractivity contribution in [1.29, 1.82) is 0 Å². The number of amides is 2. The summed E-state index contributed by atoms with van der Waals surface area (Å²) in [5, 5.41) is 3.50. The molecule has 2 amide bonds. The molecule has 0 aliphatic heterocycles. The number of hydrogen-bond donors (Lipinski definition) is 3. The van der Waals surface area contributed by atoms with Crippen molar-refractivity contribution in [2.75, 3.05) is 6.73 Å². The van der Waals surface area contributed by atoms with Crippen LogP contribution >= 0.6 is 0 Å². The number of rotatable bonds is 5. The molecule has 1 aliphatic rings. The molecule has 0 fully saturated rings. The molecule has 6 nitrogen and oxygen atoms in total. The lowest BCUT2D eigenvalue weighted by Crippen LogP contribution is -2.47. The monoisotopic (exact) mass is 287 g/mol. The third-order valence-electron chi connectivity index (χ3n) is 4.06. The van der Waals surface area contributed by atoms with E-state index in [-0.39, 0.29) is 6.73 Å². The van der Waals surface area contributed by atoms with Crippen molar-refractivity contribution in [3.8, 4) is 0 Å². The van der Waals surface area contributed by atoms with Gasteiger partial charge in [-0.05, 0) is 30.9 Å². The Morgan fingerprint density at radius 2 is 2.29 bits per heavy atom. The number of para-hydroxylation sites is 1. The molecule has 6 heteroatoms. The number of nitrogens with two attached hydrogens (primary N) is 1. The molecule has 3 rings (SSSR count). The fourth-order valence-corrected chi connectivity index (χ4v) is 3.10. The first-order valence-electron chi connectivity index (χ1n) is 6.90. The molecule has 0 bridgehead atoms. The van der Waals surface area contributed by atoms with Crippen molar-refractivity contribution < 1.29 is 14.3 Å². The lowest BCUT2D eigenvalue weighted by Gasteiger charge is -2.34. The van der Waals surface area contributed by atoms with Gasteiger partial charge in [0.25, 0.3) is 5.91 Å². The molecule has 1 atom stereocenters.